The van der Waals surface area contributed by atoms with Gasteiger partial charge in [-0.1, -0.05) is 242 Å². The molecule has 3 atom stereocenters. The summed E-state index contributed by atoms with van der Waals surface area (Å²) in [6.07, 6.45) is 42.1. The normalized spacial score (nSPS) is 13.3. The minimum absolute atomic E-state index is 0. The maximum atomic E-state index is 13.8. The second kappa shape index (κ2) is 82.6. The Labute approximate surface area is 778 Å². The number of benzene rings is 2. The van der Waals surface area contributed by atoms with Crippen molar-refractivity contribution in [3.63, 3.8) is 0 Å². The number of hydrogen-bond donors (Lipinski definition) is 6. The first-order valence-corrected chi connectivity index (χ1v) is 48.9. The highest BCUT2D eigenvalue weighted by atomic mass is 79.9. The van der Waals surface area contributed by atoms with Crippen LogP contribution in [0.25, 0.3) is 0 Å². The van der Waals surface area contributed by atoms with E-state index in [2.05, 4.69) is 54.5 Å². The molecule has 5 amide bonds. The summed E-state index contributed by atoms with van der Waals surface area (Å²) in [5.74, 6) is -3.12. The molecule has 1 aliphatic carbocycles. The molecule has 1 aliphatic rings. The first kappa shape index (κ1) is 118. The summed E-state index contributed by atoms with van der Waals surface area (Å²) in [6, 6.07) is 10.3. The molecule has 0 aliphatic heterocycles. The van der Waals surface area contributed by atoms with E-state index in [-0.39, 0.29) is 94.7 Å². The van der Waals surface area contributed by atoms with Crippen molar-refractivity contribution >= 4 is 64.4 Å². The number of unbranched alkanes of at least 4 members (excludes halogenated alkanes) is 26. The van der Waals surface area contributed by atoms with Crippen molar-refractivity contribution in [1.29, 1.82) is 0 Å². The Morgan fingerprint density at radius 2 is 0.762 bits per heavy atom. The van der Waals surface area contributed by atoms with Gasteiger partial charge >= 0.3 is 5.97 Å². The molecule has 6 N–H and O–H groups in total. The van der Waals surface area contributed by atoms with Crippen molar-refractivity contribution in [2.24, 2.45) is 5.41 Å². The second-order valence-electron chi connectivity index (χ2n) is 33.6. The lowest BCUT2D eigenvalue weighted by molar-refractivity contribution is -0.893. The SMILES string of the molecule is CCCCCCCCCCCCCCCCOCC(C[N+](C)(C)CCCNC(=O)CCC(=O)NCCOCCOCCOCCOCCOCCOCCOCCOCCOCCOCCOCCOCCC(=O)NCCC1(C(=O)N[C@H](C(=O)O)C(C)c2ccc(NC(=O)c3c(Cl)cccc3Cl)cc2)CCCC1)OCCCCCCCCCCCCCCCC.[Br-]. The number of carbonyl (C=O) groups excluding carboxylic acids is 5. The molecule has 1 fully saturated rings. The quantitative estimate of drug-likeness (QED) is 0.0265. The van der Waals surface area contributed by atoms with E-state index in [4.69, 9.17) is 89.5 Å². The van der Waals surface area contributed by atoms with Crippen LogP contribution in [0.15, 0.2) is 42.5 Å². The third-order valence-electron chi connectivity index (χ3n) is 22.4. The zero-order chi connectivity index (χ0) is 90.3. The monoisotopic (exact) mass is 1890 g/mol. The minimum Gasteiger partial charge on any atom is -1.00 e. The largest absolute Gasteiger partial charge is 1.00 e. The van der Waals surface area contributed by atoms with Crippen molar-refractivity contribution in [1.82, 2.24) is 21.3 Å². The molecule has 3 rings (SSSR count). The van der Waals surface area contributed by atoms with Crippen LogP contribution in [0.5, 0.6) is 0 Å². The number of likely N-dealkylation sites (N-methyl/N-ethyl adjacent to an activating group) is 1. The van der Waals surface area contributed by atoms with Crippen molar-refractivity contribution in [3.05, 3.63) is 63.6 Å². The van der Waals surface area contributed by atoms with Crippen LogP contribution in [-0.2, 0) is 90.3 Å². The van der Waals surface area contributed by atoms with Gasteiger partial charge in [0.2, 0.25) is 23.6 Å². The van der Waals surface area contributed by atoms with E-state index < -0.39 is 29.3 Å². The highest BCUT2D eigenvalue weighted by molar-refractivity contribution is 6.40. The molecule has 0 heterocycles. The molecule has 1 saturated carbocycles. The average Bonchev–Trinajstić information content (AvgIpc) is 1.49. The Bertz CT molecular complexity index is 2930. The highest BCUT2D eigenvalue weighted by Gasteiger charge is 2.43. The topological polar surface area (TPSA) is 312 Å². The molecule has 0 aromatic heterocycles. The number of rotatable bonds is 91. The molecule has 126 heavy (non-hydrogen) atoms. The van der Waals surface area contributed by atoms with Gasteiger partial charge in [0, 0.05) is 70.1 Å². The van der Waals surface area contributed by atoms with Gasteiger partial charge in [-0.2, -0.15) is 0 Å². The maximum absolute atomic E-state index is 13.8. The Kier molecular flexibility index (Phi) is 77.2. The summed E-state index contributed by atoms with van der Waals surface area (Å²) >= 11 is 12.4. The van der Waals surface area contributed by atoms with E-state index in [1.807, 2.05) is 0 Å². The summed E-state index contributed by atoms with van der Waals surface area (Å²) < 4.78 is 80.5. The summed E-state index contributed by atoms with van der Waals surface area (Å²) in [7, 11) is 4.48. The van der Waals surface area contributed by atoms with Gasteiger partial charge in [0.15, 0.2) is 0 Å². The first-order chi connectivity index (χ1) is 61.0. The van der Waals surface area contributed by atoms with Crippen LogP contribution in [0.3, 0.4) is 0 Å². The number of carboxylic acids is 1. The second-order valence-corrected chi connectivity index (χ2v) is 34.4. The number of nitrogens with one attached hydrogen (secondary N) is 5. The lowest BCUT2D eigenvalue weighted by Gasteiger charge is -2.33. The number of aliphatic carboxylic acids is 1. The number of quaternary nitrogens is 1. The molecule has 30 heteroatoms. The molecule has 730 valence electrons. The molecule has 2 aromatic carbocycles. The van der Waals surface area contributed by atoms with Gasteiger partial charge in [-0.15, -0.1) is 0 Å². The summed E-state index contributed by atoms with van der Waals surface area (Å²) in [6.45, 7) is 21.2. The van der Waals surface area contributed by atoms with Crippen molar-refractivity contribution in [2.75, 3.05) is 231 Å². The molecule has 27 nitrogen and oxygen atoms in total. The molecule has 0 spiro atoms. The number of carboxylic acid groups (broad SMARTS) is 1. The molecular formula is C96H169BrCl2N6O21. The lowest BCUT2D eigenvalue weighted by Crippen LogP contribution is -3.00. The van der Waals surface area contributed by atoms with Crippen molar-refractivity contribution in [3.8, 4) is 0 Å². The van der Waals surface area contributed by atoms with Crippen LogP contribution in [0.1, 0.15) is 280 Å². The fourth-order valence-electron chi connectivity index (χ4n) is 14.9. The maximum Gasteiger partial charge on any atom is 0.326 e. The smallest absolute Gasteiger partial charge is 0.326 e. The fraction of sp³-hybridized carbons (Fsp3) is 0.812. The van der Waals surface area contributed by atoms with Crippen LogP contribution >= 0.6 is 23.2 Å². The zero-order valence-electron chi connectivity index (χ0n) is 78.3. The van der Waals surface area contributed by atoms with Gasteiger partial charge in [-0.3, -0.25) is 24.0 Å². The molecule has 0 saturated heterocycles. The number of halogens is 3. The van der Waals surface area contributed by atoms with E-state index in [9.17, 15) is 33.9 Å². The van der Waals surface area contributed by atoms with Crippen molar-refractivity contribution < 1.29 is 122 Å². The Morgan fingerprint density at radius 1 is 0.413 bits per heavy atom. The van der Waals surface area contributed by atoms with E-state index in [0.29, 0.717) is 202 Å². The molecular weight excluding hydrogens is 1720 g/mol. The van der Waals surface area contributed by atoms with Crippen LogP contribution in [0.2, 0.25) is 10.0 Å². The van der Waals surface area contributed by atoms with Gasteiger partial charge in [0.1, 0.15) is 18.7 Å². The third kappa shape index (κ3) is 65.3. The van der Waals surface area contributed by atoms with E-state index in [1.165, 1.54) is 167 Å². The van der Waals surface area contributed by atoms with Crippen molar-refractivity contribution in [2.45, 2.75) is 276 Å². The summed E-state index contributed by atoms with van der Waals surface area (Å²) in [5.41, 5.74) is 0.441. The number of ether oxygens (including phenoxy) is 14. The van der Waals surface area contributed by atoms with Gasteiger partial charge in [-0.05, 0) is 61.9 Å². The number of anilines is 1. The molecule has 0 radical (unpaired) electrons. The van der Waals surface area contributed by atoms with E-state index in [0.717, 1.165) is 62.9 Å². The number of carbonyl (C=O) groups is 6. The lowest BCUT2D eigenvalue weighted by atomic mass is 9.80. The van der Waals surface area contributed by atoms with Gasteiger partial charge in [0.05, 0.1) is 207 Å². The first-order valence-electron chi connectivity index (χ1n) is 48.1. The van der Waals surface area contributed by atoms with Crippen LogP contribution in [0, 0.1) is 5.41 Å². The molecule has 2 aromatic rings. The number of amides is 5. The number of nitrogens with zero attached hydrogens (tertiary/aromatic N) is 1. The molecule has 0 bridgehead atoms. The average molecular weight is 1890 g/mol. The standard InChI is InChI=1S/C96H168Cl2N6O21.BrH/c1-6-8-10-12-14-16-18-20-22-24-26-28-30-34-54-124-81-85(125-55-35-31-29-27-25-23-21-19-17-15-13-11-9-7-2)80-104(4,5)53-37-50-99-88(105)44-45-89(106)101-52-57-113-59-61-115-63-65-117-67-69-119-71-73-121-75-77-123-79-78-122-76-74-120-72-70-118-68-66-116-64-62-114-60-58-112-56-46-90(107)100-51-49-96(47-32-33-48-96)95(111)103-92(94(109)110)82(3)83-40-42-84(43-41-83)102-93(108)91-86(97)38-36-39-87(91)98;/h36,38-43,82,85,92H,6-35,37,44-81H2,1-5H3,(H5-,99,100,101,102,103,105,106,107,108,109,110,111);1H/t82?,85?,92-;/m0./s1. The Hall–Kier alpha value is -4.28. The predicted molar refractivity (Wildman–Crippen MR) is 495 cm³/mol. The molecule has 2 unspecified atom stereocenters. The van der Waals surface area contributed by atoms with Crippen LogP contribution in [-0.4, -0.2) is 282 Å². The number of hydrogen-bond acceptors (Lipinski definition) is 20. The van der Waals surface area contributed by atoms with Gasteiger partial charge < -0.3 is 119 Å². The van der Waals surface area contributed by atoms with Gasteiger partial charge in [0.25, 0.3) is 5.91 Å². The Balaban J connectivity index is 0.0000538. The minimum atomic E-state index is -1.22. The predicted octanol–water partition coefficient (Wildman–Crippen LogP) is 13.4. The highest BCUT2D eigenvalue weighted by Crippen LogP contribution is 2.42. The van der Waals surface area contributed by atoms with Gasteiger partial charge in [-0.25, -0.2) is 4.79 Å². The zero-order valence-corrected chi connectivity index (χ0v) is 81.4. The van der Waals surface area contributed by atoms with Crippen LogP contribution in [0.4, 0.5) is 5.69 Å². The van der Waals surface area contributed by atoms with Crippen LogP contribution < -0.4 is 43.6 Å². The summed E-state index contributed by atoms with van der Waals surface area (Å²) in [5, 5.41) is 25.0. The Morgan fingerprint density at radius 3 is 1.16 bits per heavy atom. The fourth-order valence-corrected chi connectivity index (χ4v) is 15.5. The van der Waals surface area contributed by atoms with E-state index in [1.54, 1.807) is 49.4 Å². The summed E-state index contributed by atoms with van der Waals surface area (Å²) in [4.78, 5) is 77.1. The van der Waals surface area contributed by atoms with E-state index >= 15 is 0 Å². The third-order valence-corrected chi connectivity index (χ3v) is 23.0.